The molecule has 0 saturated heterocycles. The monoisotopic (exact) mass is 393 g/mol. The molecule has 106 valence electrons. The smallest absolute Gasteiger partial charge is 0.123 e. The van der Waals surface area contributed by atoms with E-state index in [4.69, 9.17) is 39.5 Å². The summed E-state index contributed by atoms with van der Waals surface area (Å²) in [5, 5.41) is 4.95. The molecular weight excluding hydrogens is 384 g/mol. The van der Waals surface area contributed by atoms with E-state index in [0.717, 1.165) is 15.8 Å². The Morgan fingerprint density at radius 1 is 1.10 bits per heavy atom. The number of methoxy groups -OCH3 is 1. The molecule has 2 aromatic rings. The Kier molecular flexibility index (Phi) is 5.44. The summed E-state index contributed by atoms with van der Waals surface area (Å²) < 4.78 is 6.13. The SMILES string of the molecule is COc1ccc(Cl)cc1CNc1c(Cl)cc(Br)cc1Cl. The molecule has 6 heteroatoms. The first kappa shape index (κ1) is 15.8. The van der Waals surface area contributed by atoms with Gasteiger partial charge in [-0.2, -0.15) is 0 Å². The van der Waals surface area contributed by atoms with Crippen LogP contribution in [0.25, 0.3) is 0 Å². The average Bonchev–Trinajstić information content (AvgIpc) is 2.37. The van der Waals surface area contributed by atoms with Crippen molar-refractivity contribution in [1.29, 1.82) is 0 Å². The van der Waals surface area contributed by atoms with Gasteiger partial charge < -0.3 is 10.1 Å². The molecule has 20 heavy (non-hydrogen) atoms. The Morgan fingerprint density at radius 3 is 2.35 bits per heavy atom. The number of hydrogen-bond acceptors (Lipinski definition) is 2. The van der Waals surface area contributed by atoms with Gasteiger partial charge in [0.25, 0.3) is 0 Å². The molecule has 0 aliphatic heterocycles. The summed E-state index contributed by atoms with van der Waals surface area (Å²) >= 11 is 21.7. The Morgan fingerprint density at radius 2 is 1.75 bits per heavy atom. The lowest BCUT2D eigenvalue weighted by Gasteiger charge is -2.13. The molecule has 0 heterocycles. The van der Waals surface area contributed by atoms with Crippen LogP contribution in [0.2, 0.25) is 15.1 Å². The Balaban J connectivity index is 2.23. The van der Waals surface area contributed by atoms with Crippen LogP contribution in [0.3, 0.4) is 0 Å². The first-order valence-corrected chi connectivity index (χ1v) is 7.65. The number of benzene rings is 2. The van der Waals surface area contributed by atoms with E-state index < -0.39 is 0 Å². The molecule has 0 bridgehead atoms. The number of ether oxygens (including phenoxy) is 1. The molecule has 0 saturated carbocycles. The van der Waals surface area contributed by atoms with Crippen molar-refractivity contribution in [2.24, 2.45) is 0 Å². The van der Waals surface area contributed by atoms with Gasteiger partial charge in [0.2, 0.25) is 0 Å². The third kappa shape index (κ3) is 3.73. The van der Waals surface area contributed by atoms with Crippen LogP contribution in [0, 0.1) is 0 Å². The number of hydrogen-bond donors (Lipinski definition) is 1. The number of halogens is 4. The molecule has 0 aliphatic carbocycles. The quantitative estimate of drug-likeness (QED) is 0.682. The van der Waals surface area contributed by atoms with E-state index in [1.807, 2.05) is 12.1 Å². The zero-order chi connectivity index (χ0) is 14.7. The van der Waals surface area contributed by atoms with Crippen molar-refractivity contribution < 1.29 is 4.74 Å². The van der Waals surface area contributed by atoms with Crippen LogP contribution in [0.4, 0.5) is 5.69 Å². The minimum absolute atomic E-state index is 0.505. The lowest BCUT2D eigenvalue weighted by atomic mass is 10.2. The second-order valence-electron chi connectivity index (χ2n) is 4.05. The second-order valence-corrected chi connectivity index (χ2v) is 6.22. The Hall–Kier alpha value is -0.610. The predicted molar refractivity (Wildman–Crippen MR) is 89.5 cm³/mol. The molecule has 2 aromatic carbocycles. The highest BCUT2D eigenvalue weighted by Crippen LogP contribution is 2.34. The lowest BCUT2D eigenvalue weighted by Crippen LogP contribution is -2.03. The van der Waals surface area contributed by atoms with Gasteiger partial charge in [0.05, 0.1) is 22.8 Å². The van der Waals surface area contributed by atoms with Gasteiger partial charge in [-0.05, 0) is 30.3 Å². The van der Waals surface area contributed by atoms with Crippen molar-refractivity contribution in [3.05, 3.63) is 55.4 Å². The average molecular weight is 396 g/mol. The molecule has 0 unspecified atom stereocenters. The van der Waals surface area contributed by atoms with Crippen LogP contribution in [-0.4, -0.2) is 7.11 Å². The summed E-state index contributed by atoms with van der Waals surface area (Å²) in [7, 11) is 1.62. The van der Waals surface area contributed by atoms with Gasteiger partial charge in [0.1, 0.15) is 5.75 Å². The molecule has 0 aliphatic rings. The highest BCUT2D eigenvalue weighted by atomic mass is 79.9. The van der Waals surface area contributed by atoms with Crippen molar-refractivity contribution in [2.45, 2.75) is 6.54 Å². The summed E-state index contributed by atoms with van der Waals surface area (Å²) in [5.41, 5.74) is 1.61. The first-order valence-electron chi connectivity index (χ1n) is 5.72. The summed E-state index contributed by atoms with van der Waals surface area (Å²) in [4.78, 5) is 0. The minimum Gasteiger partial charge on any atom is -0.496 e. The van der Waals surface area contributed by atoms with E-state index >= 15 is 0 Å². The molecule has 2 nitrogen and oxygen atoms in total. The van der Waals surface area contributed by atoms with Gasteiger partial charge in [-0.1, -0.05) is 50.7 Å². The summed E-state index contributed by atoms with van der Waals surface area (Å²) in [6.45, 7) is 0.505. The molecule has 0 spiro atoms. The van der Waals surface area contributed by atoms with Crippen LogP contribution in [0.5, 0.6) is 5.75 Å². The zero-order valence-corrected chi connectivity index (χ0v) is 14.4. The molecule has 2 rings (SSSR count). The lowest BCUT2D eigenvalue weighted by molar-refractivity contribution is 0.410. The first-order chi connectivity index (χ1) is 9.51. The van der Waals surface area contributed by atoms with E-state index in [1.165, 1.54) is 0 Å². The van der Waals surface area contributed by atoms with Crippen LogP contribution in [0.1, 0.15) is 5.56 Å². The van der Waals surface area contributed by atoms with E-state index in [-0.39, 0.29) is 0 Å². The van der Waals surface area contributed by atoms with E-state index in [2.05, 4.69) is 21.2 Å². The minimum atomic E-state index is 0.505. The van der Waals surface area contributed by atoms with E-state index in [9.17, 15) is 0 Å². The molecule has 0 atom stereocenters. The van der Waals surface area contributed by atoms with Crippen LogP contribution in [0.15, 0.2) is 34.8 Å². The van der Waals surface area contributed by atoms with Gasteiger partial charge in [0, 0.05) is 21.6 Å². The van der Waals surface area contributed by atoms with Crippen molar-refractivity contribution in [3.8, 4) is 5.75 Å². The molecule has 0 fully saturated rings. The van der Waals surface area contributed by atoms with Crippen LogP contribution >= 0.6 is 50.7 Å². The molecule has 0 aromatic heterocycles. The summed E-state index contributed by atoms with van der Waals surface area (Å²) in [6.07, 6.45) is 0. The van der Waals surface area contributed by atoms with Crippen LogP contribution < -0.4 is 10.1 Å². The van der Waals surface area contributed by atoms with Crippen molar-refractivity contribution in [3.63, 3.8) is 0 Å². The maximum Gasteiger partial charge on any atom is 0.123 e. The highest BCUT2D eigenvalue weighted by molar-refractivity contribution is 9.10. The Bertz CT molecular complexity index is 611. The normalized spacial score (nSPS) is 10.4. The third-order valence-electron chi connectivity index (χ3n) is 2.70. The predicted octanol–water partition coefficient (Wildman–Crippen LogP) is 6.03. The fourth-order valence-electron chi connectivity index (χ4n) is 1.78. The largest absolute Gasteiger partial charge is 0.496 e. The molecule has 0 amide bonds. The topological polar surface area (TPSA) is 21.3 Å². The molecule has 1 N–H and O–H groups in total. The van der Waals surface area contributed by atoms with Gasteiger partial charge in [-0.3, -0.25) is 0 Å². The van der Waals surface area contributed by atoms with Crippen molar-refractivity contribution in [1.82, 2.24) is 0 Å². The van der Waals surface area contributed by atoms with Crippen molar-refractivity contribution >= 4 is 56.4 Å². The number of rotatable bonds is 4. The number of nitrogens with one attached hydrogen (secondary N) is 1. The van der Waals surface area contributed by atoms with Crippen LogP contribution in [-0.2, 0) is 6.54 Å². The molecule has 0 radical (unpaired) electrons. The van der Waals surface area contributed by atoms with E-state index in [1.54, 1.807) is 25.3 Å². The summed E-state index contributed by atoms with van der Waals surface area (Å²) in [5.74, 6) is 0.756. The summed E-state index contributed by atoms with van der Waals surface area (Å²) in [6, 6.07) is 9.01. The maximum atomic E-state index is 6.17. The van der Waals surface area contributed by atoms with E-state index in [0.29, 0.717) is 27.3 Å². The third-order valence-corrected chi connectivity index (χ3v) is 3.99. The standard InChI is InChI=1S/C14H11BrCl3NO/c1-20-13-3-2-10(16)4-8(13)7-19-14-11(17)5-9(15)6-12(14)18/h2-6,19H,7H2,1H3. The second kappa shape index (κ2) is 6.90. The van der Waals surface area contributed by atoms with Gasteiger partial charge in [-0.15, -0.1) is 0 Å². The highest BCUT2D eigenvalue weighted by Gasteiger charge is 2.09. The van der Waals surface area contributed by atoms with Crippen molar-refractivity contribution in [2.75, 3.05) is 12.4 Å². The molecular formula is C14H11BrCl3NO. The number of anilines is 1. The van der Waals surface area contributed by atoms with Gasteiger partial charge >= 0.3 is 0 Å². The van der Waals surface area contributed by atoms with Gasteiger partial charge in [-0.25, -0.2) is 0 Å². The Labute approximate surface area is 141 Å². The maximum absolute atomic E-state index is 6.17. The van der Waals surface area contributed by atoms with Gasteiger partial charge in [0.15, 0.2) is 0 Å². The fraction of sp³-hybridized carbons (Fsp3) is 0.143. The fourth-order valence-corrected chi connectivity index (χ4v) is 3.32. The zero-order valence-electron chi connectivity index (χ0n) is 10.5.